The van der Waals surface area contributed by atoms with Crippen LogP contribution in [0.1, 0.15) is 32.6 Å². The van der Waals surface area contributed by atoms with E-state index in [9.17, 15) is 9.67 Å². The molecule has 0 radical (unpaired) electrons. The summed E-state index contributed by atoms with van der Waals surface area (Å²) in [7, 11) is -2.83. The number of hydrogen-bond donors (Lipinski definition) is 1. The van der Waals surface area contributed by atoms with E-state index in [0.717, 1.165) is 40.5 Å². The predicted molar refractivity (Wildman–Crippen MR) is 112 cm³/mol. The van der Waals surface area contributed by atoms with Crippen LogP contribution in [0.2, 0.25) is 0 Å². The van der Waals surface area contributed by atoms with E-state index in [4.69, 9.17) is 0 Å². The van der Waals surface area contributed by atoms with Crippen molar-refractivity contribution in [1.29, 1.82) is 0 Å². The van der Waals surface area contributed by atoms with Crippen molar-refractivity contribution in [2.24, 2.45) is 0 Å². The van der Waals surface area contributed by atoms with Gasteiger partial charge in [-0.25, -0.2) is 0 Å². The third-order valence-corrected chi connectivity index (χ3v) is 8.14. The molecule has 2 aromatic carbocycles. The minimum atomic E-state index is -2.83. The molecule has 0 fully saturated rings. The van der Waals surface area contributed by atoms with Crippen molar-refractivity contribution in [1.82, 2.24) is 0 Å². The maximum absolute atomic E-state index is 14.1. The Hall–Kier alpha value is -1.28. The Labute approximate surface area is 155 Å². The summed E-state index contributed by atoms with van der Waals surface area (Å²) in [6, 6.07) is 19.5. The molecule has 1 N–H and O–H groups in total. The highest BCUT2D eigenvalue weighted by Crippen LogP contribution is 2.48. The van der Waals surface area contributed by atoms with Crippen molar-refractivity contribution in [2.75, 3.05) is 12.4 Å². The molecule has 0 saturated heterocycles. The van der Waals surface area contributed by atoms with Crippen molar-refractivity contribution in [3.63, 3.8) is 0 Å². The number of benzene rings is 2. The van der Waals surface area contributed by atoms with E-state index in [1.807, 2.05) is 66.5 Å². The smallest absolute Gasteiger partial charge is 0.164 e. The van der Waals surface area contributed by atoms with Gasteiger partial charge in [-0.15, -0.1) is 11.8 Å². The molecule has 0 aromatic heterocycles. The van der Waals surface area contributed by atoms with Crippen LogP contribution in [0.4, 0.5) is 0 Å². The van der Waals surface area contributed by atoms with Gasteiger partial charge in [0.25, 0.3) is 0 Å². The van der Waals surface area contributed by atoms with Crippen LogP contribution in [0.15, 0.2) is 71.4 Å². The van der Waals surface area contributed by atoms with Crippen LogP contribution in [-0.2, 0) is 4.57 Å². The molecular weight excluding hydrogens is 347 g/mol. The van der Waals surface area contributed by atoms with Crippen LogP contribution < -0.4 is 10.6 Å². The minimum absolute atomic E-state index is 0.159. The SMILES string of the molecule is CCCCS/C(=C\P(=O)(c1ccccc1)c1ccccc1)CCCO. The van der Waals surface area contributed by atoms with Gasteiger partial charge >= 0.3 is 0 Å². The van der Waals surface area contributed by atoms with Gasteiger partial charge in [-0.1, -0.05) is 74.0 Å². The van der Waals surface area contributed by atoms with Crippen molar-refractivity contribution in [3.05, 3.63) is 71.4 Å². The Morgan fingerprint density at radius 3 is 2.04 bits per heavy atom. The lowest BCUT2D eigenvalue weighted by Crippen LogP contribution is -2.14. The molecule has 0 spiro atoms. The first kappa shape index (κ1) is 20.0. The summed E-state index contributed by atoms with van der Waals surface area (Å²) >= 11 is 1.78. The van der Waals surface area contributed by atoms with Crippen LogP contribution in [0.25, 0.3) is 0 Å². The molecule has 4 heteroatoms. The van der Waals surface area contributed by atoms with Crippen molar-refractivity contribution in [3.8, 4) is 0 Å². The molecule has 0 aliphatic heterocycles. The highest BCUT2D eigenvalue weighted by atomic mass is 32.2. The Kier molecular flexibility index (Phi) is 8.54. The lowest BCUT2D eigenvalue weighted by Gasteiger charge is -2.18. The Bertz CT molecular complexity index is 655. The van der Waals surface area contributed by atoms with Gasteiger partial charge in [-0.2, -0.15) is 0 Å². The highest BCUT2D eigenvalue weighted by molar-refractivity contribution is 8.03. The molecule has 0 saturated carbocycles. The average molecular weight is 374 g/mol. The van der Waals surface area contributed by atoms with Crippen molar-refractivity contribution in [2.45, 2.75) is 32.6 Å². The fourth-order valence-electron chi connectivity index (χ4n) is 2.57. The number of allylic oxidation sites excluding steroid dienone is 1. The number of rotatable bonds is 10. The second-order valence-electron chi connectivity index (χ2n) is 5.95. The molecule has 0 bridgehead atoms. The third kappa shape index (κ3) is 5.88. The van der Waals surface area contributed by atoms with E-state index in [-0.39, 0.29) is 6.61 Å². The van der Waals surface area contributed by atoms with Gasteiger partial charge in [-0.3, -0.25) is 0 Å². The fourth-order valence-corrected chi connectivity index (χ4v) is 6.66. The van der Waals surface area contributed by atoms with Gasteiger partial charge in [0, 0.05) is 17.2 Å². The molecule has 0 unspecified atom stereocenters. The van der Waals surface area contributed by atoms with Gasteiger partial charge in [0.1, 0.15) is 0 Å². The van der Waals surface area contributed by atoms with Gasteiger partial charge < -0.3 is 9.67 Å². The molecule has 25 heavy (non-hydrogen) atoms. The lowest BCUT2D eigenvalue weighted by molar-refractivity contribution is 0.289. The van der Waals surface area contributed by atoms with Gasteiger partial charge in [0.05, 0.1) is 0 Å². The third-order valence-electron chi connectivity index (χ3n) is 3.97. The zero-order valence-electron chi connectivity index (χ0n) is 14.8. The topological polar surface area (TPSA) is 37.3 Å². The Morgan fingerprint density at radius 1 is 1.00 bits per heavy atom. The normalized spacial score (nSPS) is 12.3. The molecule has 0 heterocycles. The fraction of sp³-hybridized carbons (Fsp3) is 0.333. The number of hydrogen-bond acceptors (Lipinski definition) is 3. The van der Waals surface area contributed by atoms with E-state index < -0.39 is 7.14 Å². The summed E-state index contributed by atoms with van der Waals surface area (Å²) in [5.41, 5.74) is 0. The molecule has 134 valence electrons. The minimum Gasteiger partial charge on any atom is -0.396 e. The highest BCUT2D eigenvalue weighted by Gasteiger charge is 2.25. The standard InChI is InChI=1S/C21H27O2PS/c1-2-3-17-25-21(15-10-16-22)18-24(23,19-11-6-4-7-12-19)20-13-8-5-9-14-20/h4-9,11-14,18,22H,2-3,10,15-17H2,1H3/b21-18-. The van der Waals surface area contributed by atoms with Gasteiger partial charge in [0.15, 0.2) is 7.14 Å². The summed E-state index contributed by atoms with van der Waals surface area (Å²) in [6.07, 6.45) is 3.76. The molecule has 2 nitrogen and oxygen atoms in total. The van der Waals surface area contributed by atoms with E-state index >= 15 is 0 Å². The van der Waals surface area contributed by atoms with Crippen molar-refractivity contribution < 1.29 is 9.67 Å². The van der Waals surface area contributed by atoms with E-state index in [0.29, 0.717) is 6.42 Å². The molecule has 0 aliphatic carbocycles. The number of aliphatic hydroxyl groups excluding tert-OH is 1. The van der Waals surface area contributed by atoms with Gasteiger partial charge in [-0.05, 0) is 35.7 Å². The molecule has 0 amide bonds. The zero-order valence-corrected chi connectivity index (χ0v) is 16.5. The summed E-state index contributed by atoms with van der Waals surface area (Å²) < 4.78 is 14.1. The second-order valence-corrected chi connectivity index (χ2v) is 9.78. The summed E-state index contributed by atoms with van der Waals surface area (Å²) in [6.45, 7) is 2.34. The molecule has 2 aromatic rings. The van der Waals surface area contributed by atoms with E-state index in [2.05, 4.69) is 6.92 Å². The maximum Gasteiger partial charge on any atom is 0.164 e. The van der Waals surface area contributed by atoms with Crippen molar-refractivity contribution >= 4 is 29.5 Å². The number of thioether (sulfide) groups is 1. The first-order chi connectivity index (χ1) is 12.2. The van der Waals surface area contributed by atoms with Crippen LogP contribution in [0, 0.1) is 0 Å². The molecular formula is C21H27O2PS. The van der Waals surface area contributed by atoms with Gasteiger partial charge in [0.2, 0.25) is 0 Å². The van der Waals surface area contributed by atoms with Crippen LogP contribution in [0.3, 0.4) is 0 Å². The van der Waals surface area contributed by atoms with Crippen LogP contribution in [-0.4, -0.2) is 17.5 Å². The molecule has 2 rings (SSSR count). The predicted octanol–water partition coefficient (Wildman–Crippen LogP) is 5.15. The average Bonchev–Trinajstić information content (AvgIpc) is 2.67. The molecule has 0 aliphatic rings. The quantitative estimate of drug-likeness (QED) is 0.462. The van der Waals surface area contributed by atoms with Crippen LogP contribution in [0.5, 0.6) is 0 Å². The monoisotopic (exact) mass is 374 g/mol. The largest absolute Gasteiger partial charge is 0.396 e. The zero-order chi connectivity index (χ0) is 18.0. The Balaban J connectivity index is 2.44. The Morgan fingerprint density at radius 2 is 1.56 bits per heavy atom. The second kappa shape index (κ2) is 10.7. The number of unbranched alkanes of at least 4 members (excludes halogenated alkanes) is 1. The number of aliphatic hydroxyl groups is 1. The first-order valence-corrected chi connectivity index (χ1v) is 11.6. The summed E-state index contributed by atoms with van der Waals surface area (Å²) in [4.78, 5) is 1.12. The summed E-state index contributed by atoms with van der Waals surface area (Å²) in [5, 5.41) is 10.9. The first-order valence-electron chi connectivity index (χ1n) is 8.87. The van der Waals surface area contributed by atoms with Crippen LogP contribution >= 0.6 is 18.9 Å². The van der Waals surface area contributed by atoms with E-state index in [1.165, 1.54) is 0 Å². The maximum atomic E-state index is 14.1. The summed E-state index contributed by atoms with van der Waals surface area (Å²) in [5.74, 6) is 3.00. The molecule has 0 atom stereocenters. The lowest BCUT2D eigenvalue weighted by atomic mass is 10.3. The van der Waals surface area contributed by atoms with E-state index in [1.54, 1.807) is 11.8 Å².